The Hall–Kier alpha value is -3.86. The van der Waals surface area contributed by atoms with E-state index in [0.717, 1.165) is 43.2 Å². The third-order valence-electron chi connectivity index (χ3n) is 9.41. The molecule has 6 rings (SSSR count). The number of esters is 1. The predicted molar refractivity (Wildman–Crippen MR) is 160 cm³/mol. The standard InChI is InChI=1S/C32H40N2O13/c1-41-17-9-8-16-21-25(45-26(16)27(17)42-2)15-7-6-14(12-18(15)47-32(21)10-4-3-5-11-32)43-31-24(40)22(38)23(39)28(46-31)29(30(33)34)44-20(37)13-19(35)36/h6-9,12,21-25,28-31,38-40H,3-5,10-11,13,33-34H2,1-2H3,(H,35,36)/t21-,22-,23-,24+,25+,28-,29-,31-/m0/s1. The number of carbonyl (C=O) groups excluding carboxylic acids is 1. The van der Waals surface area contributed by atoms with Gasteiger partial charge in [-0.25, -0.2) is 0 Å². The summed E-state index contributed by atoms with van der Waals surface area (Å²) < 4.78 is 41.6. The lowest BCUT2D eigenvalue weighted by Gasteiger charge is -2.47. The molecule has 1 spiro atoms. The van der Waals surface area contributed by atoms with Crippen LogP contribution in [0.3, 0.4) is 0 Å². The van der Waals surface area contributed by atoms with E-state index in [-0.39, 0.29) is 11.7 Å². The van der Waals surface area contributed by atoms with Crippen LogP contribution in [0.25, 0.3) is 0 Å². The fraction of sp³-hybridized carbons (Fsp3) is 0.562. The Morgan fingerprint density at radius 3 is 2.36 bits per heavy atom. The number of aliphatic hydroxyl groups excluding tert-OH is 3. The molecule has 256 valence electrons. The number of aliphatic carboxylic acids is 1. The Morgan fingerprint density at radius 1 is 0.979 bits per heavy atom. The zero-order valence-corrected chi connectivity index (χ0v) is 25.9. The van der Waals surface area contributed by atoms with E-state index in [1.807, 2.05) is 12.1 Å². The molecule has 15 heteroatoms. The van der Waals surface area contributed by atoms with Crippen LogP contribution >= 0.6 is 0 Å². The molecule has 2 aromatic carbocycles. The predicted octanol–water partition coefficient (Wildman–Crippen LogP) is 0.833. The van der Waals surface area contributed by atoms with Crippen molar-refractivity contribution in [2.24, 2.45) is 11.5 Å². The van der Waals surface area contributed by atoms with E-state index in [0.29, 0.717) is 23.0 Å². The molecule has 15 nitrogen and oxygen atoms in total. The smallest absolute Gasteiger partial charge is 0.317 e. The molecule has 8 N–H and O–H groups in total. The van der Waals surface area contributed by atoms with Crippen LogP contribution in [0, 0.1) is 0 Å². The first-order chi connectivity index (χ1) is 22.5. The second-order valence-corrected chi connectivity index (χ2v) is 12.3. The van der Waals surface area contributed by atoms with Gasteiger partial charge in [0.05, 0.1) is 26.3 Å². The fourth-order valence-corrected chi connectivity index (χ4v) is 7.26. The van der Waals surface area contributed by atoms with Crippen LogP contribution in [0.5, 0.6) is 28.7 Å². The summed E-state index contributed by atoms with van der Waals surface area (Å²) in [6.45, 7) is 0. The summed E-state index contributed by atoms with van der Waals surface area (Å²) in [5.74, 6) is -0.374. The number of fused-ring (bicyclic) bond motifs is 6. The van der Waals surface area contributed by atoms with Gasteiger partial charge >= 0.3 is 11.9 Å². The molecule has 0 bridgehead atoms. The molecule has 2 aromatic rings. The molecule has 3 aliphatic heterocycles. The monoisotopic (exact) mass is 660 g/mol. The van der Waals surface area contributed by atoms with Gasteiger partial charge in [-0.2, -0.15) is 0 Å². The highest BCUT2D eigenvalue weighted by Gasteiger charge is 2.57. The van der Waals surface area contributed by atoms with Crippen molar-refractivity contribution in [3.8, 4) is 28.7 Å². The topological polar surface area (TPSA) is 232 Å². The third kappa shape index (κ3) is 5.91. The van der Waals surface area contributed by atoms with E-state index >= 15 is 0 Å². The van der Waals surface area contributed by atoms with Crippen molar-refractivity contribution in [2.75, 3.05) is 14.2 Å². The number of hydrogen-bond acceptors (Lipinski definition) is 14. The van der Waals surface area contributed by atoms with Gasteiger partial charge in [0.15, 0.2) is 17.6 Å². The first-order valence-electron chi connectivity index (χ1n) is 15.5. The average molecular weight is 661 g/mol. The second kappa shape index (κ2) is 13.0. The van der Waals surface area contributed by atoms with Gasteiger partial charge in [-0.1, -0.05) is 12.5 Å². The summed E-state index contributed by atoms with van der Waals surface area (Å²) in [7, 11) is 3.14. The molecule has 8 atom stereocenters. The van der Waals surface area contributed by atoms with E-state index in [2.05, 4.69) is 0 Å². The summed E-state index contributed by atoms with van der Waals surface area (Å²) >= 11 is 0. The summed E-state index contributed by atoms with van der Waals surface area (Å²) in [6.07, 6.45) is -8.32. The largest absolute Gasteiger partial charge is 0.493 e. The number of hydrogen-bond donors (Lipinski definition) is 6. The Kier molecular flexibility index (Phi) is 9.13. The van der Waals surface area contributed by atoms with Gasteiger partial charge in [0, 0.05) is 17.2 Å². The third-order valence-corrected chi connectivity index (χ3v) is 9.41. The number of benzene rings is 2. The van der Waals surface area contributed by atoms with Crippen molar-refractivity contribution in [3.63, 3.8) is 0 Å². The molecule has 1 saturated carbocycles. The summed E-state index contributed by atoms with van der Waals surface area (Å²) in [6, 6.07) is 8.94. The Labute approximate surface area is 270 Å². The highest BCUT2D eigenvalue weighted by atomic mass is 16.7. The minimum absolute atomic E-state index is 0.112. The average Bonchev–Trinajstić information content (AvgIpc) is 3.44. The van der Waals surface area contributed by atoms with Crippen LogP contribution in [0.2, 0.25) is 0 Å². The molecule has 3 heterocycles. The van der Waals surface area contributed by atoms with Gasteiger partial charge in [0.2, 0.25) is 12.0 Å². The maximum atomic E-state index is 12.1. The normalized spacial score (nSPS) is 29.4. The van der Waals surface area contributed by atoms with Crippen LogP contribution in [0.15, 0.2) is 30.3 Å². The molecule has 0 amide bonds. The van der Waals surface area contributed by atoms with E-state index in [4.69, 9.17) is 49.7 Å². The number of nitrogens with two attached hydrogens (primary N) is 2. The van der Waals surface area contributed by atoms with Crippen molar-refractivity contribution in [1.82, 2.24) is 0 Å². The number of aliphatic hydroxyl groups is 3. The minimum atomic E-state index is -1.82. The van der Waals surface area contributed by atoms with Gasteiger partial charge < -0.3 is 65.1 Å². The number of carboxylic acid groups (broad SMARTS) is 1. The molecule has 0 aromatic heterocycles. The number of carboxylic acids is 1. The summed E-state index contributed by atoms with van der Waals surface area (Å²) in [5, 5.41) is 41.0. The van der Waals surface area contributed by atoms with Crippen molar-refractivity contribution in [2.45, 2.75) is 99.1 Å². The molecule has 1 saturated heterocycles. The fourth-order valence-electron chi connectivity index (χ4n) is 7.26. The zero-order valence-electron chi connectivity index (χ0n) is 25.9. The molecule has 2 fully saturated rings. The van der Waals surface area contributed by atoms with Crippen molar-refractivity contribution in [3.05, 3.63) is 41.5 Å². The lowest BCUT2D eigenvalue weighted by atomic mass is 9.68. The van der Waals surface area contributed by atoms with Crippen LogP contribution in [0.4, 0.5) is 0 Å². The van der Waals surface area contributed by atoms with Gasteiger partial charge in [0.1, 0.15) is 54.0 Å². The van der Waals surface area contributed by atoms with E-state index < -0.39 is 73.0 Å². The van der Waals surface area contributed by atoms with Crippen LogP contribution in [-0.2, 0) is 19.1 Å². The lowest BCUT2D eigenvalue weighted by molar-refractivity contribution is -0.291. The second-order valence-electron chi connectivity index (χ2n) is 12.3. The Bertz CT molecular complexity index is 1500. The molecule has 0 unspecified atom stereocenters. The molecule has 1 aliphatic carbocycles. The number of ether oxygens (including phenoxy) is 7. The maximum absolute atomic E-state index is 12.1. The SMILES string of the molecule is COc1ccc2c(c1OC)O[C@@H]1c3ccc(O[C@H]4O[C@H]([C@H](OC(=O)CC(=O)O)C(N)N)[C@@H](O)[C@H](O)[C@H]4O)cc3OC3(CCCCC3)[C@@H]21. The first kappa shape index (κ1) is 33.1. The number of carbonyl (C=O) groups is 2. The van der Waals surface area contributed by atoms with E-state index in [1.165, 1.54) is 0 Å². The van der Waals surface area contributed by atoms with E-state index in [9.17, 15) is 24.9 Å². The highest BCUT2D eigenvalue weighted by Crippen LogP contribution is 2.63. The molecule has 4 aliphatic rings. The Balaban J connectivity index is 1.29. The summed E-state index contributed by atoms with van der Waals surface area (Å²) in [5.41, 5.74) is 12.7. The molecular weight excluding hydrogens is 620 g/mol. The van der Waals surface area contributed by atoms with Crippen molar-refractivity contribution >= 4 is 11.9 Å². The van der Waals surface area contributed by atoms with Gasteiger partial charge in [-0.15, -0.1) is 0 Å². The quantitative estimate of drug-likeness (QED) is 0.124. The van der Waals surface area contributed by atoms with Crippen molar-refractivity contribution < 1.29 is 63.2 Å². The van der Waals surface area contributed by atoms with Crippen LogP contribution in [0.1, 0.15) is 61.7 Å². The number of methoxy groups -OCH3 is 2. The van der Waals surface area contributed by atoms with Crippen LogP contribution < -0.4 is 35.2 Å². The maximum Gasteiger partial charge on any atom is 0.317 e. The van der Waals surface area contributed by atoms with Crippen molar-refractivity contribution in [1.29, 1.82) is 0 Å². The first-order valence-corrected chi connectivity index (χ1v) is 15.5. The van der Waals surface area contributed by atoms with Gasteiger partial charge in [-0.3, -0.25) is 9.59 Å². The molecular formula is C32H40N2O13. The van der Waals surface area contributed by atoms with Crippen LogP contribution in [-0.4, -0.2) is 95.2 Å². The zero-order chi connectivity index (χ0) is 33.6. The minimum Gasteiger partial charge on any atom is -0.493 e. The summed E-state index contributed by atoms with van der Waals surface area (Å²) in [4.78, 5) is 23.0. The van der Waals surface area contributed by atoms with Gasteiger partial charge in [-0.05, 0) is 43.9 Å². The van der Waals surface area contributed by atoms with E-state index in [1.54, 1.807) is 32.4 Å². The highest BCUT2D eigenvalue weighted by molar-refractivity contribution is 5.90. The lowest BCUT2D eigenvalue weighted by Crippen LogP contribution is -2.66. The van der Waals surface area contributed by atoms with Gasteiger partial charge in [0.25, 0.3) is 0 Å². The Morgan fingerprint density at radius 2 is 1.70 bits per heavy atom. The molecule has 0 radical (unpaired) electrons. The number of rotatable bonds is 9. The molecule has 47 heavy (non-hydrogen) atoms.